The molecule has 0 rings (SSSR count). The van der Waals surface area contributed by atoms with Gasteiger partial charge in [-0.15, -0.1) is 0 Å². The predicted octanol–water partition coefficient (Wildman–Crippen LogP) is 4.32. The van der Waals surface area contributed by atoms with Crippen LogP contribution in [-0.4, -0.2) is 8.32 Å². The van der Waals surface area contributed by atoms with Crippen LogP contribution in [0.5, 0.6) is 0 Å². The van der Waals surface area contributed by atoms with Gasteiger partial charge in [-0.2, -0.15) is 0 Å². The highest BCUT2D eigenvalue weighted by molar-refractivity contribution is 6.70. The molecular weight excluding hydrogens is 176 g/mol. The highest BCUT2D eigenvalue weighted by atomic mass is 28.4. The first-order chi connectivity index (χ1) is 5.99. The van der Waals surface area contributed by atoms with Gasteiger partial charge in [0.2, 0.25) is 8.32 Å². The number of unbranched alkanes of at least 4 members (excludes halogenated alkanes) is 1. The van der Waals surface area contributed by atoms with Gasteiger partial charge in [0.25, 0.3) is 0 Å². The average Bonchev–Trinajstić information content (AvgIpc) is 1.98. The van der Waals surface area contributed by atoms with E-state index in [4.69, 9.17) is 4.43 Å². The third-order valence-electron chi connectivity index (χ3n) is 1.59. The molecule has 0 unspecified atom stereocenters. The van der Waals surface area contributed by atoms with Crippen molar-refractivity contribution in [1.82, 2.24) is 0 Å². The summed E-state index contributed by atoms with van der Waals surface area (Å²) in [4.78, 5) is 0. The Bertz CT molecular complexity index is 156. The predicted molar refractivity (Wildman–Crippen MR) is 62.3 cm³/mol. The Morgan fingerprint density at radius 3 is 2.15 bits per heavy atom. The van der Waals surface area contributed by atoms with Gasteiger partial charge in [-0.05, 0) is 38.6 Å². The summed E-state index contributed by atoms with van der Waals surface area (Å²) in [5, 5.41) is 0. The van der Waals surface area contributed by atoms with Gasteiger partial charge in [0.15, 0.2) is 0 Å². The molecule has 13 heavy (non-hydrogen) atoms. The molecule has 0 spiro atoms. The van der Waals surface area contributed by atoms with Crippen molar-refractivity contribution in [2.24, 2.45) is 0 Å². The Labute approximate surface area is 84.3 Å². The van der Waals surface area contributed by atoms with E-state index in [9.17, 15) is 0 Å². The molecule has 0 amide bonds. The van der Waals surface area contributed by atoms with Gasteiger partial charge < -0.3 is 4.43 Å². The largest absolute Gasteiger partial charge is 0.548 e. The summed E-state index contributed by atoms with van der Waals surface area (Å²) in [7, 11) is -1.38. The summed E-state index contributed by atoms with van der Waals surface area (Å²) in [6.45, 7) is 11.1. The summed E-state index contributed by atoms with van der Waals surface area (Å²) in [5.74, 6) is 1.23. The van der Waals surface area contributed by atoms with E-state index >= 15 is 0 Å². The lowest BCUT2D eigenvalue weighted by Gasteiger charge is -2.21. The van der Waals surface area contributed by atoms with E-state index in [1.165, 1.54) is 18.6 Å². The molecule has 0 radical (unpaired) electrons. The molecule has 0 fully saturated rings. The fraction of sp³-hybridized carbons (Fsp3) is 0.818. The first-order valence-corrected chi connectivity index (χ1v) is 8.78. The molecule has 0 heterocycles. The summed E-state index contributed by atoms with van der Waals surface area (Å²) < 4.78 is 5.98. The van der Waals surface area contributed by atoms with Gasteiger partial charge in [-0.1, -0.05) is 20.3 Å². The fourth-order valence-electron chi connectivity index (χ4n) is 1.14. The third-order valence-corrected chi connectivity index (χ3v) is 2.47. The molecular formula is C11H24OSi. The zero-order valence-electron chi connectivity index (χ0n) is 9.81. The van der Waals surface area contributed by atoms with E-state index in [0.717, 1.165) is 12.8 Å². The van der Waals surface area contributed by atoms with Crippen LogP contribution < -0.4 is 0 Å². The Kier molecular flexibility index (Phi) is 6.13. The van der Waals surface area contributed by atoms with Gasteiger partial charge >= 0.3 is 0 Å². The minimum absolute atomic E-state index is 1.10. The van der Waals surface area contributed by atoms with Crippen LogP contribution in [0.2, 0.25) is 19.6 Å². The Hall–Kier alpha value is -0.243. The molecule has 0 saturated carbocycles. The number of hydrogen-bond acceptors (Lipinski definition) is 1. The second-order valence-corrected chi connectivity index (χ2v) is 8.85. The normalized spacial score (nSPS) is 13.2. The summed E-state index contributed by atoms with van der Waals surface area (Å²) >= 11 is 0. The van der Waals surface area contributed by atoms with E-state index in [1.807, 2.05) is 0 Å². The van der Waals surface area contributed by atoms with Crippen molar-refractivity contribution in [2.75, 3.05) is 0 Å². The molecule has 0 atom stereocenters. The van der Waals surface area contributed by atoms with Crippen LogP contribution in [0.1, 0.15) is 39.5 Å². The Morgan fingerprint density at radius 1 is 1.15 bits per heavy atom. The standard InChI is InChI=1S/C11H24OSi/c1-6-8-10-11(9-7-2)12-13(3,4)5/h10H,6-9H2,1-5H3/b11-10+. The van der Waals surface area contributed by atoms with Crippen molar-refractivity contribution in [2.45, 2.75) is 59.2 Å². The van der Waals surface area contributed by atoms with E-state index in [2.05, 4.69) is 39.6 Å². The van der Waals surface area contributed by atoms with Gasteiger partial charge in [0, 0.05) is 6.42 Å². The lowest BCUT2D eigenvalue weighted by atomic mass is 10.2. The molecule has 78 valence electrons. The molecule has 0 aromatic carbocycles. The maximum atomic E-state index is 5.98. The van der Waals surface area contributed by atoms with E-state index < -0.39 is 8.32 Å². The lowest BCUT2D eigenvalue weighted by molar-refractivity contribution is 0.395. The monoisotopic (exact) mass is 200 g/mol. The number of allylic oxidation sites excluding steroid dienone is 2. The van der Waals surface area contributed by atoms with Gasteiger partial charge in [0.1, 0.15) is 0 Å². The quantitative estimate of drug-likeness (QED) is 0.458. The van der Waals surface area contributed by atoms with Crippen molar-refractivity contribution >= 4 is 8.32 Å². The number of hydrogen-bond donors (Lipinski definition) is 0. The van der Waals surface area contributed by atoms with Crippen molar-refractivity contribution in [3.63, 3.8) is 0 Å². The van der Waals surface area contributed by atoms with Gasteiger partial charge in [0.05, 0.1) is 5.76 Å². The Balaban J connectivity index is 4.09. The van der Waals surface area contributed by atoms with Crippen molar-refractivity contribution < 1.29 is 4.43 Å². The molecule has 1 nitrogen and oxygen atoms in total. The minimum atomic E-state index is -1.38. The van der Waals surface area contributed by atoms with Crippen molar-refractivity contribution in [3.05, 3.63) is 11.8 Å². The highest BCUT2D eigenvalue weighted by Crippen LogP contribution is 2.15. The van der Waals surface area contributed by atoms with Crippen molar-refractivity contribution in [3.8, 4) is 0 Å². The molecule has 0 saturated heterocycles. The first-order valence-electron chi connectivity index (χ1n) is 5.37. The van der Waals surface area contributed by atoms with Gasteiger partial charge in [-0.25, -0.2) is 0 Å². The third kappa shape index (κ3) is 8.10. The summed E-state index contributed by atoms with van der Waals surface area (Å²) in [6, 6.07) is 0. The van der Waals surface area contributed by atoms with E-state index in [1.54, 1.807) is 0 Å². The van der Waals surface area contributed by atoms with Crippen LogP contribution in [0.3, 0.4) is 0 Å². The minimum Gasteiger partial charge on any atom is -0.548 e. The van der Waals surface area contributed by atoms with Crippen molar-refractivity contribution in [1.29, 1.82) is 0 Å². The molecule has 0 aromatic heterocycles. The van der Waals surface area contributed by atoms with Crippen LogP contribution in [0.25, 0.3) is 0 Å². The second kappa shape index (κ2) is 6.25. The topological polar surface area (TPSA) is 9.23 Å². The van der Waals surface area contributed by atoms with E-state index in [-0.39, 0.29) is 0 Å². The molecule has 0 aliphatic carbocycles. The maximum absolute atomic E-state index is 5.98. The van der Waals surface area contributed by atoms with Crippen LogP contribution in [0.15, 0.2) is 11.8 Å². The maximum Gasteiger partial charge on any atom is 0.241 e. The van der Waals surface area contributed by atoms with Crippen LogP contribution in [-0.2, 0) is 4.43 Å². The zero-order valence-corrected chi connectivity index (χ0v) is 10.8. The summed E-state index contributed by atoms with van der Waals surface area (Å²) in [6.07, 6.45) is 6.91. The van der Waals surface area contributed by atoms with Crippen LogP contribution >= 0.6 is 0 Å². The van der Waals surface area contributed by atoms with Crippen LogP contribution in [0.4, 0.5) is 0 Å². The van der Waals surface area contributed by atoms with Gasteiger partial charge in [-0.3, -0.25) is 0 Å². The molecule has 0 bridgehead atoms. The molecule has 0 N–H and O–H groups in total. The molecule has 0 aromatic rings. The SMILES string of the molecule is CCC/C=C(\CCC)O[Si](C)(C)C. The first kappa shape index (κ1) is 12.8. The Morgan fingerprint density at radius 2 is 1.77 bits per heavy atom. The molecule has 2 heteroatoms. The highest BCUT2D eigenvalue weighted by Gasteiger charge is 2.16. The number of rotatable bonds is 6. The smallest absolute Gasteiger partial charge is 0.241 e. The average molecular weight is 200 g/mol. The molecule has 0 aliphatic rings. The summed E-state index contributed by atoms with van der Waals surface area (Å²) in [5.41, 5.74) is 0. The second-order valence-electron chi connectivity index (χ2n) is 4.42. The fourth-order valence-corrected chi connectivity index (χ4v) is 2.11. The molecule has 0 aliphatic heterocycles. The lowest BCUT2D eigenvalue weighted by Crippen LogP contribution is -2.24. The van der Waals surface area contributed by atoms with Crippen LogP contribution in [0, 0.1) is 0 Å². The zero-order chi connectivity index (χ0) is 10.3. The van der Waals surface area contributed by atoms with E-state index in [0.29, 0.717) is 0 Å².